The number of hydrogen-bond donors (Lipinski definition) is 0. The van der Waals surface area contributed by atoms with Crippen LogP contribution in [0.3, 0.4) is 0 Å². The molecule has 0 aromatic rings. The number of esters is 4. The van der Waals surface area contributed by atoms with Crippen molar-refractivity contribution >= 4 is 23.9 Å². The van der Waals surface area contributed by atoms with Crippen molar-refractivity contribution < 1.29 is 38.1 Å². The molecule has 0 N–H and O–H groups in total. The van der Waals surface area contributed by atoms with Gasteiger partial charge in [-0.3, -0.25) is 0 Å². The number of carbonyl (C=O) groups is 4. The van der Waals surface area contributed by atoms with E-state index in [0.29, 0.717) is 49.4 Å². The maximum absolute atomic E-state index is 11.0. The molecular weight excluding hydrogens is 440 g/mol. The largest absolute Gasteiger partial charge is 0.463 e. The molecule has 0 aromatic heterocycles. The first-order valence-corrected chi connectivity index (χ1v) is 10.8. The molecule has 0 aromatic carbocycles. The van der Waals surface area contributed by atoms with Gasteiger partial charge in [-0.2, -0.15) is 0 Å². The highest BCUT2D eigenvalue weighted by Crippen LogP contribution is 1.98. The predicted molar refractivity (Wildman–Crippen MR) is 133 cm³/mol. The molecule has 0 atom stereocenters. The van der Waals surface area contributed by atoms with Crippen LogP contribution in [0.4, 0.5) is 0 Å². The van der Waals surface area contributed by atoms with Crippen molar-refractivity contribution in [3.05, 3.63) is 61.8 Å². The summed E-state index contributed by atoms with van der Waals surface area (Å²) in [4.78, 5) is 42.8. The molecule has 0 aliphatic heterocycles. The van der Waals surface area contributed by atoms with Crippen LogP contribution in [0.1, 0.15) is 53.4 Å². The van der Waals surface area contributed by atoms with Crippen molar-refractivity contribution in [2.45, 2.75) is 53.4 Å². The molecule has 0 fully saturated rings. The third kappa shape index (κ3) is 26.6. The van der Waals surface area contributed by atoms with Crippen LogP contribution in [0.2, 0.25) is 0 Å². The van der Waals surface area contributed by atoms with Gasteiger partial charge in [0.15, 0.2) is 0 Å². The zero-order valence-electron chi connectivity index (χ0n) is 21.1. The van der Waals surface area contributed by atoms with Crippen LogP contribution in [0.5, 0.6) is 0 Å². The fourth-order valence-corrected chi connectivity index (χ4v) is 1.41. The molecule has 0 spiro atoms. The Morgan fingerprint density at radius 2 is 1.03 bits per heavy atom. The second-order valence-electron chi connectivity index (χ2n) is 6.93. The van der Waals surface area contributed by atoms with Crippen LogP contribution >= 0.6 is 0 Å². The second-order valence-corrected chi connectivity index (χ2v) is 6.93. The highest BCUT2D eigenvalue weighted by atomic mass is 16.5. The Kier molecular flexibility index (Phi) is 25.1. The average molecular weight is 481 g/mol. The molecule has 0 amide bonds. The Bertz CT molecular complexity index is 674. The summed E-state index contributed by atoms with van der Waals surface area (Å²) in [6.07, 6.45) is 5.98. The maximum Gasteiger partial charge on any atom is 0.333 e. The minimum absolute atomic E-state index is 0.256. The molecule has 192 valence electrons. The third-order valence-corrected chi connectivity index (χ3v) is 3.29. The minimum atomic E-state index is -0.390. The molecule has 0 aliphatic rings. The van der Waals surface area contributed by atoms with Gasteiger partial charge in [0.25, 0.3) is 0 Å². The Morgan fingerprint density at radius 3 is 1.35 bits per heavy atom. The van der Waals surface area contributed by atoms with Crippen LogP contribution in [0, 0.1) is 0 Å². The number of unbranched alkanes of at least 4 members (excludes halogenated alkanes) is 2. The first-order chi connectivity index (χ1) is 15.9. The molecule has 0 saturated carbocycles. The summed E-state index contributed by atoms with van der Waals surface area (Å²) in [5, 5.41) is 0. The van der Waals surface area contributed by atoms with Crippen molar-refractivity contribution in [2.24, 2.45) is 0 Å². The molecule has 0 saturated heterocycles. The van der Waals surface area contributed by atoms with Gasteiger partial charge in [0.05, 0.1) is 19.8 Å². The van der Waals surface area contributed by atoms with E-state index < -0.39 is 0 Å². The fraction of sp³-hybridized carbons (Fsp3) is 0.462. The maximum atomic E-state index is 11.0. The van der Waals surface area contributed by atoms with Crippen molar-refractivity contribution in [3.8, 4) is 0 Å². The van der Waals surface area contributed by atoms with Gasteiger partial charge < -0.3 is 18.9 Å². The van der Waals surface area contributed by atoms with Crippen LogP contribution in [-0.4, -0.2) is 50.3 Å². The summed E-state index contributed by atoms with van der Waals surface area (Å²) in [6.45, 7) is 25.2. The predicted octanol–water partition coefficient (Wildman–Crippen LogP) is 4.81. The van der Waals surface area contributed by atoms with Gasteiger partial charge >= 0.3 is 23.9 Å². The molecular formula is C26H40O8. The van der Waals surface area contributed by atoms with Crippen molar-refractivity contribution in [3.63, 3.8) is 0 Å². The third-order valence-electron chi connectivity index (χ3n) is 3.29. The second kappa shape index (κ2) is 24.2. The minimum Gasteiger partial charge on any atom is -0.463 e. The van der Waals surface area contributed by atoms with Crippen molar-refractivity contribution in [1.82, 2.24) is 0 Å². The lowest BCUT2D eigenvalue weighted by molar-refractivity contribution is -0.141. The number of rotatable bonds is 14. The standard InChI is InChI=1S/C12H18O4.C7H10O2.C7H12O2/c1-9(2)11(13)15-7-5-6-8-16-12(14)10(3)4;1-4-5-9-7(8)6(2)3;1-3-5-6-9-7(8)4-2/h1,3,5-8H2,2,4H3;4H,1-2,5H2,3H3;4H,2-3,5-6H2,1H3. The quantitative estimate of drug-likeness (QED) is 0.115. The highest BCUT2D eigenvalue weighted by molar-refractivity contribution is 5.87. The van der Waals surface area contributed by atoms with E-state index in [1.165, 1.54) is 12.2 Å². The monoisotopic (exact) mass is 480 g/mol. The van der Waals surface area contributed by atoms with Gasteiger partial charge in [-0.05, 0) is 40.0 Å². The van der Waals surface area contributed by atoms with E-state index in [1.807, 2.05) is 6.92 Å². The molecule has 0 unspecified atom stereocenters. The van der Waals surface area contributed by atoms with E-state index in [-0.39, 0.29) is 30.5 Å². The normalized spacial score (nSPS) is 8.82. The molecule has 34 heavy (non-hydrogen) atoms. The van der Waals surface area contributed by atoms with Crippen molar-refractivity contribution in [2.75, 3.05) is 26.4 Å². The van der Waals surface area contributed by atoms with E-state index in [9.17, 15) is 19.2 Å². The molecule has 0 bridgehead atoms. The molecule has 8 heteroatoms. The van der Waals surface area contributed by atoms with Crippen LogP contribution < -0.4 is 0 Å². The van der Waals surface area contributed by atoms with Crippen LogP contribution in [-0.2, 0) is 38.1 Å². The van der Waals surface area contributed by atoms with Gasteiger partial charge in [-0.15, -0.1) is 0 Å². The topological polar surface area (TPSA) is 105 Å². The SMILES string of the molecule is C=C(C)C(=O)OCCCCOC(=O)C(=C)C.C=CC(=O)OCCCC.C=CCOC(=O)C(=C)C. The molecule has 0 aliphatic carbocycles. The van der Waals surface area contributed by atoms with Gasteiger partial charge in [0.2, 0.25) is 0 Å². The first-order valence-electron chi connectivity index (χ1n) is 10.8. The average Bonchev–Trinajstić information content (AvgIpc) is 2.79. The van der Waals surface area contributed by atoms with Crippen molar-refractivity contribution in [1.29, 1.82) is 0 Å². The lowest BCUT2D eigenvalue weighted by atomic mass is 10.3. The van der Waals surface area contributed by atoms with Gasteiger partial charge in [-0.25, -0.2) is 19.2 Å². The van der Waals surface area contributed by atoms with Gasteiger partial charge in [-0.1, -0.05) is 52.3 Å². The van der Waals surface area contributed by atoms with E-state index >= 15 is 0 Å². The van der Waals surface area contributed by atoms with Gasteiger partial charge in [0.1, 0.15) is 6.61 Å². The Labute approximate surface area is 204 Å². The van der Waals surface area contributed by atoms with E-state index in [4.69, 9.17) is 9.47 Å². The lowest BCUT2D eigenvalue weighted by Gasteiger charge is -2.05. The van der Waals surface area contributed by atoms with E-state index in [1.54, 1.807) is 20.8 Å². The first kappa shape index (κ1) is 35.2. The Balaban J connectivity index is -0.000000457. The number of carbonyl (C=O) groups excluding carboxylic acids is 4. The summed E-state index contributed by atoms with van der Waals surface area (Å²) in [5.41, 5.74) is 1.18. The Morgan fingerprint density at radius 1 is 0.647 bits per heavy atom. The van der Waals surface area contributed by atoms with Crippen LogP contribution in [0.15, 0.2) is 61.8 Å². The molecule has 0 rings (SSSR count). The molecule has 0 radical (unpaired) electrons. The number of hydrogen-bond acceptors (Lipinski definition) is 8. The summed E-state index contributed by atoms with van der Waals surface area (Å²) in [7, 11) is 0. The molecule has 8 nitrogen and oxygen atoms in total. The summed E-state index contributed by atoms with van der Waals surface area (Å²) < 4.78 is 19.0. The summed E-state index contributed by atoms with van der Waals surface area (Å²) in [5.74, 6) is -1.48. The smallest absolute Gasteiger partial charge is 0.333 e. The highest BCUT2D eigenvalue weighted by Gasteiger charge is 2.04. The summed E-state index contributed by atoms with van der Waals surface area (Å²) >= 11 is 0. The molecule has 0 heterocycles. The van der Waals surface area contributed by atoms with Gasteiger partial charge in [0, 0.05) is 22.8 Å². The zero-order chi connectivity index (χ0) is 26.9. The van der Waals surface area contributed by atoms with Crippen LogP contribution in [0.25, 0.3) is 0 Å². The number of ether oxygens (including phenoxy) is 4. The summed E-state index contributed by atoms with van der Waals surface area (Å²) in [6, 6.07) is 0. The lowest BCUT2D eigenvalue weighted by Crippen LogP contribution is -2.09. The fourth-order valence-electron chi connectivity index (χ4n) is 1.41. The Hall–Kier alpha value is -3.42. The zero-order valence-corrected chi connectivity index (χ0v) is 21.1. The van der Waals surface area contributed by atoms with E-state index in [2.05, 4.69) is 42.4 Å². The van der Waals surface area contributed by atoms with E-state index in [0.717, 1.165) is 12.8 Å².